The van der Waals surface area contributed by atoms with Crippen molar-refractivity contribution in [3.63, 3.8) is 0 Å². The molecule has 4 heterocycles. The van der Waals surface area contributed by atoms with E-state index in [9.17, 15) is 4.79 Å². The van der Waals surface area contributed by atoms with E-state index in [1.165, 1.54) is 30.8 Å². The number of rotatable bonds is 4. The zero-order chi connectivity index (χ0) is 17.4. The number of hydrogen-bond donors (Lipinski definition) is 1. The summed E-state index contributed by atoms with van der Waals surface area (Å²) in [7, 11) is 0. The molecule has 7 heteroatoms. The minimum atomic E-state index is 0.00122. The number of fused-ring (bicyclic) bond motifs is 3. The largest absolute Gasteiger partial charge is 0.419 e. The van der Waals surface area contributed by atoms with Crippen molar-refractivity contribution in [2.45, 2.75) is 42.0 Å². The Morgan fingerprint density at radius 1 is 1.32 bits per heavy atom. The molecule has 0 saturated carbocycles. The van der Waals surface area contributed by atoms with E-state index in [0.717, 1.165) is 18.0 Å². The summed E-state index contributed by atoms with van der Waals surface area (Å²) < 4.78 is 5.24. The Labute approximate surface area is 156 Å². The first-order valence-electron chi connectivity index (χ1n) is 8.54. The molecule has 0 radical (unpaired) electrons. The van der Waals surface area contributed by atoms with E-state index in [1.54, 1.807) is 0 Å². The summed E-state index contributed by atoms with van der Waals surface area (Å²) >= 11 is 7.10. The van der Waals surface area contributed by atoms with Crippen molar-refractivity contribution in [1.29, 1.82) is 0 Å². The van der Waals surface area contributed by atoms with Gasteiger partial charge in [-0.25, -0.2) is 4.98 Å². The molecule has 3 fully saturated rings. The number of hydrogen-bond acceptors (Lipinski definition) is 5. The Morgan fingerprint density at radius 2 is 2.04 bits per heavy atom. The zero-order valence-corrected chi connectivity index (χ0v) is 15.5. The van der Waals surface area contributed by atoms with Crippen LogP contribution in [0, 0.1) is 5.92 Å². The van der Waals surface area contributed by atoms with Crippen molar-refractivity contribution >= 4 is 29.3 Å². The van der Waals surface area contributed by atoms with Gasteiger partial charge in [-0.05, 0) is 86.4 Å². The Kier molecular flexibility index (Phi) is 4.75. The van der Waals surface area contributed by atoms with E-state index in [2.05, 4.69) is 22.1 Å². The first-order valence-corrected chi connectivity index (χ1v) is 9.74. The maximum absolute atomic E-state index is 12.6. The molecule has 1 N–H and O–H groups in total. The van der Waals surface area contributed by atoms with Crippen molar-refractivity contribution < 1.29 is 9.21 Å². The number of aromatic nitrogens is 1. The van der Waals surface area contributed by atoms with Crippen LogP contribution < -0.4 is 5.32 Å². The van der Waals surface area contributed by atoms with Gasteiger partial charge in [0.25, 0.3) is 11.1 Å². The van der Waals surface area contributed by atoms with E-state index in [1.807, 2.05) is 24.3 Å². The van der Waals surface area contributed by atoms with Gasteiger partial charge in [0.05, 0.1) is 6.20 Å². The standard InChI is InChI=1S/C18H20ClN3O2S/c1-11-16(12-6-8-22(11)9-7-12)21-17(23)13-2-4-14(5-3-13)25-18-20-10-15(19)24-18/h2-5,10-12,16H,6-9H2,1H3,(H,21,23)/t11-,16-/m0/s1. The molecule has 25 heavy (non-hydrogen) atoms. The van der Waals surface area contributed by atoms with Gasteiger partial charge in [-0.3, -0.25) is 9.69 Å². The molecule has 3 saturated heterocycles. The molecule has 2 aromatic rings. The number of carbonyl (C=O) groups excluding carboxylic acids is 1. The molecule has 0 unspecified atom stereocenters. The van der Waals surface area contributed by atoms with Crippen molar-refractivity contribution in [3.05, 3.63) is 41.2 Å². The number of nitrogens with zero attached hydrogens (tertiary/aromatic N) is 2. The third-order valence-electron chi connectivity index (χ3n) is 5.25. The summed E-state index contributed by atoms with van der Waals surface area (Å²) in [5.74, 6) is 0.606. The predicted octanol–water partition coefficient (Wildman–Crippen LogP) is 3.69. The molecule has 5 rings (SSSR count). The number of carbonyl (C=O) groups is 1. The van der Waals surface area contributed by atoms with Gasteiger partial charge in [-0.1, -0.05) is 0 Å². The highest BCUT2D eigenvalue weighted by atomic mass is 35.5. The Balaban J connectivity index is 1.40. The van der Waals surface area contributed by atoms with Crippen LogP contribution in [0.15, 0.2) is 45.0 Å². The molecule has 0 spiro atoms. The fourth-order valence-corrected chi connectivity index (χ4v) is 4.72. The summed E-state index contributed by atoms with van der Waals surface area (Å²) in [5.41, 5.74) is 0.679. The molecule has 5 nitrogen and oxygen atoms in total. The highest BCUT2D eigenvalue weighted by Gasteiger charge is 2.40. The summed E-state index contributed by atoms with van der Waals surface area (Å²) in [6.45, 7) is 4.54. The van der Waals surface area contributed by atoms with E-state index >= 15 is 0 Å². The number of oxazole rings is 1. The van der Waals surface area contributed by atoms with E-state index < -0.39 is 0 Å². The second-order valence-corrected chi connectivity index (χ2v) is 8.07. The van der Waals surface area contributed by atoms with Crippen LogP contribution in [0.1, 0.15) is 30.1 Å². The molecule has 3 aliphatic heterocycles. The lowest BCUT2D eigenvalue weighted by Gasteiger charge is -2.49. The highest BCUT2D eigenvalue weighted by molar-refractivity contribution is 7.99. The molecule has 2 bridgehead atoms. The molecular formula is C18H20ClN3O2S. The molecule has 1 aromatic heterocycles. The number of nitrogens with one attached hydrogen (secondary N) is 1. The van der Waals surface area contributed by atoms with Crippen molar-refractivity contribution in [1.82, 2.24) is 15.2 Å². The van der Waals surface area contributed by atoms with Crippen molar-refractivity contribution in [2.24, 2.45) is 5.92 Å². The van der Waals surface area contributed by atoms with Crippen LogP contribution in [0.4, 0.5) is 0 Å². The molecule has 1 aromatic carbocycles. The fourth-order valence-electron chi connectivity index (χ4n) is 3.84. The summed E-state index contributed by atoms with van der Waals surface area (Å²) in [6, 6.07) is 8.15. The van der Waals surface area contributed by atoms with Crippen LogP contribution in [-0.2, 0) is 0 Å². The quantitative estimate of drug-likeness (QED) is 0.880. The van der Waals surface area contributed by atoms with Crippen LogP contribution in [0.25, 0.3) is 0 Å². The van der Waals surface area contributed by atoms with E-state index in [-0.39, 0.29) is 17.2 Å². The van der Waals surface area contributed by atoms with Gasteiger partial charge < -0.3 is 9.73 Å². The van der Waals surface area contributed by atoms with Gasteiger partial charge in [-0.15, -0.1) is 0 Å². The molecule has 132 valence electrons. The average molecular weight is 378 g/mol. The van der Waals surface area contributed by atoms with Crippen LogP contribution >= 0.6 is 23.4 Å². The Hall–Kier alpha value is -1.50. The predicted molar refractivity (Wildman–Crippen MR) is 97.1 cm³/mol. The summed E-state index contributed by atoms with van der Waals surface area (Å²) in [5, 5.41) is 4.01. The normalized spacial score (nSPS) is 28.1. The van der Waals surface area contributed by atoms with Crippen LogP contribution in [0.3, 0.4) is 0 Å². The minimum Gasteiger partial charge on any atom is -0.419 e. The van der Waals surface area contributed by atoms with Gasteiger partial charge in [0.1, 0.15) is 0 Å². The highest BCUT2D eigenvalue weighted by Crippen LogP contribution is 2.32. The molecular weight excluding hydrogens is 358 g/mol. The number of benzene rings is 1. The van der Waals surface area contributed by atoms with Crippen molar-refractivity contribution in [2.75, 3.05) is 13.1 Å². The van der Waals surface area contributed by atoms with E-state index in [0.29, 0.717) is 22.7 Å². The monoisotopic (exact) mass is 377 g/mol. The van der Waals surface area contributed by atoms with Gasteiger partial charge in [0.15, 0.2) is 0 Å². The molecule has 1 amide bonds. The SMILES string of the molecule is C[C@H]1[C@H](NC(=O)c2ccc(Sc3ncc(Cl)o3)cc2)C2CCN1CC2. The van der Waals surface area contributed by atoms with Gasteiger partial charge in [-0.2, -0.15) is 0 Å². The number of halogens is 1. The summed E-state index contributed by atoms with van der Waals surface area (Å²) in [4.78, 5) is 20.1. The first-order chi connectivity index (χ1) is 12.1. The molecule has 0 aliphatic carbocycles. The summed E-state index contributed by atoms with van der Waals surface area (Å²) in [6.07, 6.45) is 3.84. The fraction of sp³-hybridized carbons (Fsp3) is 0.444. The Morgan fingerprint density at radius 3 is 2.64 bits per heavy atom. The molecule has 3 aliphatic rings. The second kappa shape index (κ2) is 7.02. The van der Waals surface area contributed by atoms with Crippen LogP contribution in [0.2, 0.25) is 5.22 Å². The third-order valence-corrected chi connectivity index (χ3v) is 6.30. The van der Waals surface area contributed by atoms with Gasteiger partial charge in [0.2, 0.25) is 5.22 Å². The topological polar surface area (TPSA) is 58.4 Å². The zero-order valence-electron chi connectivity index (χ0n) is 13.9. The second-order valence-electron chi connectivity index (χ2n) is 6.67. The minimum absolute atomic E-state index is 0.00122. The first kappa shape index (κ1) is 16.9. The smallest absolute Gasteiger partial charge is 0.261 e. The van der Waals surface area contributed by atoms with Crippen molar-refractivity contribution in [3.8, 4) is 0 Å². The Bertz CT molecular complexity index is 754. The van der Waals surface area contributed by atoms with E-state index in [4.69, 9.17) is 16.0 Å². The lowest BCUT2D eigenvalue weighted by molar-refractivity contribution is 0.0217. The van der Waals surface area contributed by atoms with Gasteiger partial charge >= 0.3 is 0 Å². The third kappa shape index (κ3) is 3.57. The number of piperidine rings is 3. The average Bonchev–Trinajstić information content (AvgIpc) is 3.04. The maximum Gasteiger partial charge on any atom is 0.261 e. The molecule has 2 atom stereocenters. The van der Waals surface area contributed by atoms with Crippen LogP contribution in [0.5, 0.6) is 0 Å². The lowest BCUT2D eigenvalue weighted by Crippen LogP contribution is -2.62. The van der Waals surface area contributed by atoms with Gasteiger partial charge in [0, 0.05) is 22.5 Å². The lowest BCUT2D eigenvalue weighted by atomic mass is 9.79. The number of amides is 1. The maximum atomic E-state index is 12.6. The van der Waals surface area contributed by atoms with Crippen LogP contribution in [-0.4, -0.2) is 41.0 Å².